The number of halogens is 3. The van der Waals surface area contributed by atoms with Gasteiger partial charge in [-0.15, -0.1) is 0 Å². The lowest BCUT2D eigenvalue weighted by molar-refractivity contribution is 0.0388. The fourth-order valence-electron chi connectivity index (χ4n) is 3.24. The van der Waals surface area contributed by atoms with Crippen LogP contribution < -0.4 is 14.8 Å². The molecule has 0 unspecified atom stereocenters. The number of anilines is 1. The van der Waals surface area contributed by atoms with Gasteiger partial charge in [0.25, 0.3) is 0 Å². The quantitative estimate of drug-likeness (QED) is 0.414. The Morgan fingerprint density at radius 2 is 2.00 bits per heavy atom. The van der Waals surface area contributed by atoms with E-state index in [9.17, 15) is 22.0 Å². The van der Waals surface area contributed by atoms with Crippen LogP contribution in [0.5, 0.6) is 5.75 Å². The molecule has 34 heavy (non-hydrogen) atoms. The van der Waals surface area contributed by atoms with E-state index < -0.39 is 32.7 Å². The van der Waals surface area contributed by atoms with Crippen molar-refractivity contribution in [2.45, 2.75) is 4.90 Å². The van der Waals surface area contributed by atoms with E-state index in [1.807, 2.05) is 0 Å². The Hall–Kier alpha value is -2.39. The molecule has 4 rings (SSSR count). The van der Waals surface area contributed by atoms with Crippen molar-refractivity contribution < 1.29 is 30.9 Å². The topological polar surface area (TPSA) is 110 Å². The second-order valence-electron chi connectivity index (χ2n) is 7.22. The van der Waals surface area contributed by atoms with E-state index >= 15 is 0 Å². The van der Waals surface area contributed by atoms with Crippen LogP contribution in [-0.4, -0.2) is 63.7 Å². The average Bonchev–Trinajstić information content (AvgIpc) is 3.14. The maximum atomic E-state index is 14.1. The molecule has 0 radical (unpaired) electrons. The molecule has 0 aliphatic carbocycles. The van der Waals surface area contributed by atoms with E-state index in [1.54, 1.807) is 0 Å². The van der Waals surface area contributed by atoms with Gasteiger partial charge in [0.15, 0.2) is 10.0 Å². The van der Waals surface area contributed by atoms with Gasteiger partial charge in [-0.2, -0.15) is 8.42 Å². The minimum atomic E-state index is -4.59. The molecule has 0 atom stereocenters. The molecule has 0 bridgehead atoms. The molecular weight excluding hydrogens is 558 g/mol. The molecule has 2 aromatic carbocycles. The molecule has 2 amide bonds. The molecule has 2 heterocycles. The molecule has 3 aromatic rings. The number of urea groups is 1. The average molecular weight is 577 g/mol. The number of fused-ring (bicyclic) bond motifs is 1. The molecule has 1 saturated heterocycles. The number of nitrogens with one attached hydrogen (secondary N) is 2. The number of benzene rings is 2. The first-order valence-corrected chi connectivity index (χ1v) is 13.1. The zero-order valence-electron chi connectivity index (χ0n) is 17.5. The van der Waals surface area contributed by atoms with Gasteiger partial charge < -0.3 is 14.2 Å². The molecule has 1 aromatic heterocycles. The summed E-state index contributed by atoms with van der Waals surface area (Å²) in [5.74, 6) is -2.30. The zero-order chi connectivity index (χ0) is 24.3. The van der Waals surface area contributed by atoms with E-state index in [2.05, 4.69) is 36.4 Å². The number of rotatable bonds is 7. The van der Waals surface area contributed by atoms with Gasteiger partial charge in [0.05, 0.1) is 23.4 Å². The Kier molecular flexibility index (Phi) is 7.62. The third-order valence-corrected chi connectivity index (χ3v) is 7.96. The number of morpholine rings is 1. The first-order valence-electron chi connectivity index (χ1n) is 10.1. The van der Waals surface area contributed by atoms with Crippen LogP contribution in [0.1, 0.15) is 0 Å². The molecule has 14 heteroatoms. The Bertz CT molecular complexity index is 1290. The van der Waals surface area contributed by atoms with Gasteiger partial charge in [0, 0.05) is 42.8 Å². The van der Waals surface area contributed by atoms with Gasteiger partial charge >= 0.3 is 16.1 Å². The van der Waals surface area contributed by atoms with Crippen LogP contribution in [0.25, 0.3) is 10.2 Å². The van der Waals surface area contributed by atoms with Crippen molar-refractivity contribution in [3.63, 3.8) is 0 Å². The van der Waals surface area contributed by atoms with Crippen LogP contribution in [0.4, 0.5) is 18.7 Å². The van der Waals surface area contributed by atoms with Gasteiger partial charge in [-0.3, -0.25) is 10.2 Å². The predicted octanol–water partition coefficient (Wildman–Crippen LogP) is 3.56. The number of hydrogen-bond acceptors (Lipinski definition) is 8. The largest absolute Gasteiger partial charge is 0.379 e. The third kappa shape index (κ3) is 5.99. The minimum absolute atomic E-state index is 0.0895. The highest BCUT2D eigenvalue weighted by Gasteiger charge is 2.26. The summed E-state index contributed by atoms with van der Waals surface area (Å²) in [6.07, 6.45) is 0. The molecule has 1 fully saturated rings. The number of hydrogen-bond donors (Lipinski definition) is 2. The Balaban J connectivity index is 1.40. The highest BCUT2D eigenvalue weighted by Crippen LogP contribution is 2.32. The zero-order valence-corrected chi connectivity index (χ0v) is 20.7. The van der Waals surface area contributed by atoms with Crippen LogP contribution in [-0.2, 0) is 14.9 Å². The van der Waals surface area contributed by atoms with E-state index in [0.717, 1.165) is 30.5 Å². The fraction of sp³-hybridized carbons (Fsp3) is 0.300. The maximum absolute atomic E-state index is 14.1. The lowest BCUT2D eigenvalue weighted by atomic mass is 10.3. The summed E-state index contributed by atoms with van der Waals surface area (Å²) in [4.78, 5) is 17.8. The predicted molar refractivity (Wildman–Crippen MR) is 126 cm³/mol. The number of nitrogens with zero attached hydrogens (tertiary/aromatic N) is 2. The molecule has 0 spiro atoms. The van der Waals surface area contributed by atoms with Crippen LogP contribution >= 0.6 is 27.3 Å². The van der Waals surface area contributed by atoms with Crippen molar-refractivity contribution in [2.75, 3.05) is 44.7 Å². The van der Waals surface area contributed by atoms with Gasteiger partial charge in [-0.05, 0) is 34.1 Å². The standard InChI is InChI=1S/C20H19BrF2N4O5S2/c21-14-9-12(22)10-15(23)18(14)34(29,30)32-13-1-2-16-17(11-13)33-20(25-16)26-19(28)24-3-4-27-5-7-31-8-6-27/h1-2,9-11H,3-8H2,(H2,24,25,26,28). The van der Waals surface area contributed by atoms with Gasteiger partial charge in [0.2, 0.25) is 0 Å². The van der Waals surface area contributed by atoms with Gasteiger partial charge in [0.1, 0.15) is 17.4 Å². The molecule has 1 aliphatic rings. The van der Waals surface area contributed by atoms with E-state index in [-0.39, 0.29) is 10.2 Å². The summed E-state index contributed by atoms with van der Waals surface area (Å²) in [6.45, 7) is 4.18. The van der Waals surface area contributed by atoms with Crippen molar-refractivity contribution in [3.8, 4) is 5.75 Å². The van der Waals surface area contributed by atoms with Crippen molar-refractivity contribution in [3.05, 3.63) is 46.4 Å². The number of carbonyl (C=O) groups is 1. The minimum Gasteiger partial charge on any atom is -0.379 e. The number of aromatic nitrogens is 1. The fourth-order valence-corrected chi connectivity index (χ4v) is 6.17. The van der Waals surface area contributed by atoms with Crippen LogP contribution in [0.3, 0.4) is 0 Å². The Morgan fingerprint density at radius 1 is 1.24 bits per heavy atom. The Morgan fingerprint density at radius 3 is 2.74 bits per heavy atom. The van der Waals surface area contributed by atoms with Crippen LogP contribution in [0.15, 0.2) is 39.7 Å². The summed E-state index contributed by atoms with van der Waals surface area (Å²) < 4.78 is 63.1. The number of carbonyl (C=O) groups excluding carboxylic acids is 1. The summed E-state index contributed by atoms with van der Waals surface area (Å²) in [5.41, 5.74) is 0.507. The summed E-state index contributed by atoms with van der Waals surface area (Å²) >= 11 is 3.97. The maximum Gasteiger partial charge on any atom is 0.343 e. The molecule has 0 saturated carbocycles. The summed E-state index contributed by atoms with van der Waals surface area (Å²) in [7, 11) is -4.59. The van der Waals surface area contributed by atoms with Crippen molar-refractivity contribution in [1.82, 2.24) is 15.2 Å². The number of amides is 2. The van der Waals surface area contributed by atoms with Crippen LogP contribution in [0.2, 0.25) is 0 Å². The summed E-state index contributed by atoms with van der Waals surface area (Å²) in [5, 5.41) is 5.72. The summed E-state index contributed by atoms with van der Waals surface area (Å²) in [6, 6.07) is 5.13. The molecule has 182 valence electrons. The van der Waals surface area contributed by atoms with Gasteiger partial charge in [-0.1, -0.05) is 11.3 Å². The molecular formula is C20H19BrF2N4O5S2. The second kappa shape index (κ2) is 10.5. The lowest BCUT2D eigenvalue weighted by Crippen LogP contribution is -2.42. The number of thiazole rings is 1. The molecule has 2 N–H and O–H groups in total. The van der Waals surface area contributed by atoms with E-state index in [4.69, 9.17) is 8.92 Å². The highest BCUT2D eigenvalue weighted by molar-refractivity contribution is 9.10. The lowest BCUT2D eigenvalue weighted by Gasteiger charge is -2.26. The van der Waals surface area contributed by atoms with Crippen molar-refractivity contribution in [1.29, 1.82) is 0 Å². The SMILES string of the molecule is O=C(NCCN1CCOCC1)Nc1nc2ccc(OS(=O)(=O)c3c(F)cc(F)cc3Br)cc2s1. The van der Waals surface area contributed by atoms with Gasteiger partial charge in [-0.25, -0.2) is 18.6 Å². The van der Waals surface area contributed by atoms with Crippen molar-refractivity contribution >= 4 is 58.8 Å². The highest BCUT2D eigenvalue weighted by atomic mass is 79.9. The second-order valence-corrected chi connectivity index (χ2v) is 10.6. The van der Waals surface area contributed by atoms with E-state index in [0.29, 0.717) is 47.7 Å². The Labute approximate surface area is 206 Å². The normalized spacial score (nSPS) is 14.8. The number of ether oxygens (including phenoxy) is 1. The molecule has 9 nitrogen and oxygen atoms in total. The smallest absolute Gasteiger partial charge is 0.343 e. The van der Waals surface area contributed by atoms with Crippen molar-refractivity contribution in [2.24, 2.45) is 0 Å². The first kappa shape index (κ1) is 24.7. The first-order chi connectivity index (χ1) is 16.2. The third-order valence-electron chi connectivity index (χ3n) is 4.82. The van der Waals surface area contributed by atoms with E-state index in [1.165, 1.54) is 18.2 Å². The monoisotopic (exact) mass is 576 g/mol. The van der Waals surface area contributed by atoms with Crippen LogP contribution in [0, 0.1) is 11.6 Å². The molecule has 1 aliphatic heterocycles.